The summed E-state index contributed by atoms with van der Waals surface area (Å²) in [6.07, 6.45) is 0.707. The predicted molar refractivity (Wildman–Crippen MR) is 83.2 cm³/mol. The number of carbonyl (C=O) groups excluding carboxylic acids is 1. The van der Waals surface area contributed by atoms with Crippen molar-refractivity contribution >= 4 is 17.2 Å². The highest BCUT2D eigenvalue weighted by Crippen LogP contribution is 2.10. The Morgan fingerprint density at radius 1 is 1.33 bits per heavy atom. The molecular formula is C15H19N3O2S. The zero-order chi connectivity index (χ0) is 15.1. The Morgan fingerprint density at radius 2 is 2.05 bits per heavy atom. The third kappa shape index (κ3) is 4.63. The average molecular weight is 305 g/mol. The molecule has 0 saturated heterocycles. The summed E-state index contributed by atoms with van der Waals surface area (Å²) in [6.45, 7) is 1.62. The van der Waals surface area contributed by atoms with E-state index in [-0.39, 0.29) is 5.91 Å². The molecule has 0 bridgehead atoms. The Morgan fingerprint density at radius 3 is 2.71 bits per heavy atom. The van der Waals surface area contributed by atoms with Crippen molar-refractivity contribution in [3.05, 3.63) is 51.5 Å². The van der Waals surface area contributed by atoms with E-state index in [1.165, 1.54) is 11.3 Å². The highest BCUT2D eigenvalue weighted by atomic mass is 32.1. The molecule has 0 radical (unpaired) electrons. The van der Waals surface area contributed by atoms with E-state index in [2.05, 4.69) is 10.3 Å². The van der Waals surface area contributed by atoms with Crippen LogP contribution in [0.1, 0.15) is 26.6 Å². The largest absolute Gasteiger partial charge is 0.380 e. The summed E-state index contributed by atoms with van der Waals surface area (Å²) in [6, 6.07) is 7.95. The number of nitrogens with two attached hydrogens (primary N) is 1. The minimum atomic E-state index is -0.157. The van der Waals surface area contributed by atoms with Crippen molar-refractivity contribution in [3.63, 3.8) is 0 Å². The van der Waals surface area contributed by atoms with Crippen LogP contribution in [-0.4, -0.2) is 24.5 Å². The number of thiazole rings is 1. The van der Waals surface area contributed by atoms with Crippen LogP contribution in [0.25, 0.3) is 0 Å². The van der Waals surface area contributed by atoms with Crippen molar-refractivity contribution < 1.29 is 9.53 Å². The molecule has 0 aliphatic heterocycles. The fourth-order valence-electron chi connectivity index (χ4n) is 1.85. The van der Waals surface area contributed by atoms with E-state index in [4.69, 9.17) is 10.5 Å². The van der Waals surface area contributed by atoms with Gasteiger partial charge in [-0.05, 0) is 17.7 Å². The highest BCUT2D eigenvalue weighted by molar-refractivity contribution is 7.09. The van der Waals surface area contributed by atoms with Crippen molar-refractivity contribution in [2.24, 2.45) is 5.73 Å². The molecule has 2 aromatic rings. The molecule has 0 aliphatic carbocycles. The van der Waals surface area contributed by atoms with Crippen LogP contribution in [0.2, 0.25) is 0 Å². The van der Waals surface area contributed by atoms with Gasteiger partial charge in [0.15, 0.2) is 0 Å². The van der Waals surface area contributed by atoms with Crippen LogP contribution in [0.4, 0.5) is 0 Å². The molecule has 0 atom stereocenters. The second-order valence-corrected chi connectivity index (χ2v) is 5.54. The van der Waals surface area contributed by atoms with Gasteiger partial charge in [0, 0.05) is 25.5 Å². The summed E-state index contributed by atoms with van der Waals surface area (Å²) in [5.74, 6) is -0.157. The molecule has 1 aromatic heterocycles. The van der Waals surface area contributed by atoms with Gasteiger partial charge in [-0.3, -0.25) is 4.79 Å². The van der Waals surface area contributed by atoms with Gasteiger partial charge in [0.1, 0.15) is 5.69 Å². The highest BCUT2D eigenvalue weighted by Gasteiger charge is 2.10. The van der Waals surface area contributed by atoms with Gasteiger partial charge >= 0.3 is 0 Å². The summed E-state index contributed by atoms with van der Waals surface area (Å²) in [4.78, 5) is 16.2. The Hall–Kier alpha value is -1.76. The summed E-state index contributed by atoms with van der Waals surface area (Å²) >= 11 is 1.47. The van der Waals surface area contributed by atoms with Crippen LogP contribution in [0.3, 0.4) is 0 Å². The van der Waals surface area contributed by atoms with E-state index in [0.29, 0.717) is 31.8 Å². The number of aromatic nitrogens is 1. The number of hydrogen-bond acceptors (Lipinski definition) is 5. The van der Waals surface area contributed by atoms with Crippen molar-refractivity contribution in [2.45, 2.75) is 19.6 Å². The van der Waals surface area contributed by atoms with Crippen molar-refractivity contribution in [1.82, 2.24) is 10.3 Å². The lowest BCUT2D eigenvalue weighted by Crippen LogP contribution is -2.23. The standard InChI is InChI=1S/C15H19N3O2S/c1-20-9-12-4-2-11(3-5-12)8-17-15(19)13-10-21-14(18-13)6-7-16/h2-5,10H,6-9,16H2,1H3,(H,17,19). The fourth-order valence-corrected chi connectivity index (χ4v) is 2.64. The maximum absolute atomic E-state index is 12.0. The van der Waals surface area contributed by atoms with E-state index < -0.39 is 0 Å². The quantitative estimate of drug-likeness (QED) is 0.816. The normalized spacial score (nSPS) is 10.6. The lowest BCUT2D eigenvalue weighted by Gasteiger charge is -2.05. The van der Waals surface area contributed by atoms with Crippen molar-refractivity contribution in [3.8, 4) is 0 Å². The number of carbonyl (C=O) groups is 1. The first-order chi connectivity index (χ1) is 10.2. The molecular weight excluding hydrogens is 286 g/mol. The molecule has 0 saturated carbocycles. The van der Waals surface area contributed by atoms with E-state index in [1.807, 2.05) is 24.3 Å². The van der Waals surface area contributed by atoms with Crippen molar-refractivity contribution in [2.75, 3.05) is 13.7 Å². The smallest absolute Gasteiger partial charge is 0.271 e. The van der Waals surface area contributed by atoms with Gasteiger partial charge in [0.2, 0.25) is 0 Å². The van der Waals surface area contributed by atoms with Gasteiger partial charge < -0.3 is 15.8 Å². The van der Waals surface area contributed by atoms with Gasteiger partial charge in [0.25, 0.3) is 5.91 Å². The predicted octanol–water partition coefficient (Wildman–Crippen LogP) is 1.72. The van der Waals surface area contributed by atoms with Crippen molar-refractivity contribution in [1.29, 1.82) is 0 Å². The Labute approximate surface area is 128 Å². The van der Waals surface area contributed by atoms with E-state index in [0.717, 1.165) is 16.1 Å². The topological polar surface area (TPSA) is 77.2 Å². The maximum atomic E-state index is 12.0. The minimum absolute atomic E-state index is 0.157. The maximum Gasteiger partial charge on any atom is 0.271 e. The number of rotatable bonds is 7. The van der Waals surface area contributed by atoms with Crippen LogP contribution in [-0.2, 0) is 24.3 Å². The number of benzene rings is 1. The number of ether oxygens (including phenoxy) is 1. The molecule has 3 N–H and O–H groups in total. The summed E-state index contributed by atoms with van der Waals surface area (Å²) in [5.41, 5.74) is 8.08. The number of hydrogen-bond donors (Lipinski definition) is 2. The zero-order valence-electron chi connectivity index (χ0n) is 12.0. The van der Waals surface area contributed by atoms with Gasteiger partial charge in [0.05, 0.1) is 11.6 Å². The molecule has 2 rings (SSSR count). The third-order valence-corrected chi connectivity index (χ3v) is 3.84. The molecule has 1 aromatic carbocycles. The number of methoxy groups -OCH3 is 1. The first-order valence-corrected chi connectivity index (χ1v) is 7.60. The molecule has 0 aliphatic rings. The van der Waals surface area contributed by atoms with Crippen LogP contribution in [0.15, 0.2) is 29.6 Å². The van der Waals surface area contributed by atoms with E-state index >= 15 is 0 Å². The molecule has 112 valence electrons. The summed E-state index contributed by atoms with van der Waals surface area (Å²) in [5, 5.41) is 5.53. The monoisotopic (exact) mass is 305 g/mol. The first kappa shape index (κ1) is 15.6. The van der Waals surface area contributed by atoms with Crippen LogP contribution >= 0.6 is 11.3 Å². The van der Waals surface area contributed by atoms with Gasteiger partial charge in [-0.25, -0.2) is 4.98 Å². The van der Waals surface area contributed by atoms with Gasteiger partial charge in [-0.2, -0.15) is 0 Å². The average Bonchev–Trinajstić information content (AvgIpc) is 2.96. The lowest BCUT2D eigenvalue weighted by atomic mass is 10.1. The SMILES string of the molecule is COCc1ccc(CNC(=O)c2csc(CCN)n2)cc1. The number of nitrogens with zero attached hydrogens (tertiary/aromatic N) is 1. The summed E-state index contributed by atoms with van der Waals surface area (Å²) < 4.78 is 5.06. The molecule has 0 unspecified atom stereocenters. The van der Waals surface area contributed by atoms with Crippen LogP contribution in [0, 0.1) is 0 Å². The first-order valence-electron chi connectivity index (χ1n) is 6.72. The van der Waals surface area contributed by atoms with E-state index in [1.54, 1.807) is 12.5 Å². The fraction of sp³-hybridized carbons (Fsp3) is 0.333. The number of amides is 1. The van der Waals surface area contributed by atoms with Gasteiger partial charge in [-0.15, -0.1) is 11.3 Å². The second kappa shape index (κ2) is 7.87. The minimum Gasteiger partial charge on any atom is -0.380 e. The van der Waals surface area contributed by atoms with E-state index in [9.17, 15) is 4.79 Å². The van der Waals surface area contributed by atoms with Crippen LogP contribution in [0.5, 0.6) is 0 Å². The molecule has 1 amide bonds. The lowest BCUT2D eigenvalue weighted by molar-refractivity contribution is 0.0946. The molecule has 6 heteroatoms. The zero-order valence-corrected chi connectivity index (χ0v) is 12.8. The Balaban J connectivity index is 1.87. The Bertz CT molecular complexity index is 581. The molecule has 5 nitrogen and oxygen atoms in total. The van der Waals surface area contributed by atoms with Gasteiger partial charge in [-0.1, -0.05) is 24.3 Å². The molecule has 0 fully saturated rings. The Kier molecular flexibility index (Phi) is 5.86. The summed E-state index contributed by atoms with van der Waals surface area (Å²) in [7, 11) is 1.67. The molecule has 0 spiro atoms. The molecule has 21 heavy (non-hydrogen) atoms. The second-order valence-electron chi connectivity index (χ2n) is 4.60. The van der Waals surface area contributed by atoms with Crippen LogP contribution < -0.4 is 11.1 Å². The third-order valence-electron chi connectivity index (χ3n) is 2.93. The number of nitrogens with one attached hydrogen (secondary N) is 1. The molecule has 1 heterocycles.